The minimum Gasteiger partial charge on any atom is -0.359 e. The standard InChI is InChI=1S/C15H16ClN5/c1-11-13(16)19-15-17-10-18-21(15)14(11)20(2)9-8-12-6-4-3-5-7-12/h3-7,10H,8-9H2,1-2H3. The second-order valence-corrected chi connectivity index (χ2v) is 5.34. The van der Waals surface area contributed by atoms with Crippen LogP contribution in [0.15, 0.2) is 36.7 Å². The molecule has 0 atom stereocenters. The van der Waals surface area contributed by atoms with E-state index in [0.717, 1.165) is 24.3 Å². The van der Waals surface area contributed by atoms with E-state index in [0.29, 0.717) is 10.9 Å². The zero-order valence-corrected chi connectivity index (χ0v) is 12.7. The first-order valence-corrected chi connectivity index (χ1v) is 7.15. The predicted octanol–water partition coefficient (Wildman–Crippen LogP) is 2.77. The smallest absolute Gasteiger partial charge is 0.255 e. The van der Waals surface area contributed by atoms with E-state index in [1.54, 1.807) is 4.52 Å². The lowest BCUT2D eigenvalue weighted by Crippen LogP contribution is -2.24. The van der Waals surface area contributed by atoms with Gasteiger partial charge in [-0.05, 0) is 18.9 Å². The number of hydrogen-bond donors (Lipinski definition) is 0. The van der Waals surface area contributed by atoms with E-state index in [1.807, 2.05) is 20.0 Å². The maximum Gasteiger partial charge on any atom is 0.255 e. The fourth-order valence-electron chi connectivity index (χ4n) is 2.38. The topological polar surface area (TPSA) is 46.3 Å². The number of benzene rings is 1. The first-order chi connectivity index (χ1) is 10.2. The Balaban J connectivity index is 1.89. The molecule has 0 fully saturated rings. The molecule has 0 radical (unpaired) electrons. The van der Waals surface area contributed by atoms with Crippen LogP contribution < -0.4 is 4.90 Å². The Morgan fingerprint density at radius 3 is 2.76 bits per heavy atom. The molecule has 3 rings (SSSR count). The van der Waals surface area contributed by atoms with Crippen molar-refractivity contribution in [2.45, 2.75) is 13.3 Å². The van der Waals surface area contributed by atoms with Crippen LogP contribution in [0.4, 0.5) is 5.82 Å². The van der Waals surface area contributed by atoms with E-state index in [4.69, 9.17) is 11.6 Å². The first kappa shape index (κ1) is 13.8. The van der Waals surface area contributed by atoms with Gasteiger partial charge in [0.05, 0.1) is 0 Å². The molecule has 0 saturated heterocycles. The van der Waals surface area contributed by atoms with E-state index < -0.39 is 0 Å². The average Bonchev–Trinajstić information content (AvgIpc) is 2.94. The summed E-state index contributed by atoms with van der Waals surface area (Å²) in [7, 11) is 2.03. The average molecular weight is 302 g/mol. The Kier molecular flexibility index (Phi) is 3.75. The zero-order valence-electron chi connectivity index (χ0n) is 12.0. The van der Waals surface area contributed by atoms with Crippen LogP contribution in [0.2, 0.25) is 5.15 Å². The summed E-state index contributed by atoms with van der Waals surface area (Å²) in [5.74, 6) is 1.45. The fraction of sp³-hybridized carbons (Fsp3) is 0.267. The lowest BCUT2D eigenvalue weighted by atomic mass is 10.1. The van der Waals surface area contributed by atoms with Crippen molar-refractivity contribution in [2.24, 2.45) is 0 Å². The van der Waals surface area contributed by atoms with E-state index in [9.17, 15) is 0 Å². The molecule has 1 aromatic carbocycles. The van der Waals surface area contributed by atoms with Crippen LogP contribution in [0.3, 0.4) is 0 Å². The van der Waals surface area contributed by atoms with E-state index >= 15 is 0 Å². The number of aromatic nitrogens is 4. The number of anilines is 1. The molecule has 5 nitrogen and oxygen atoms in total. The van der Waals surface area contributed by atoms with Gasteiger partial charge in [-0.2, -0.15) is 19.6 Å². The SMILES string of the molecule is Cc1c(Cl)nc2ncnn2c1N(C)CCc1ccccc1. The van der Waals surface area contributed by atoms with E-state index in [2.05, 4.69) is 44.2 Å². The summed E-state index contributed by atoms with van der Waals surface area (Å²) in [6, 6.07) is 10.4. The maximum absolute atomic E-state index is 6.19. The van der Waals surface area contributed by atoms with E-state index in [1.165, 1.54) is 11.9 Å². The Morgan fingerprint density at radius 2 is 2.00 bits per heavy atom. The highest BCUT2D eigenvalue weighted by atomic mass is 35.5. The van der Waals surface area contributed by atoms with Gasteiger partial charge < -0.3 is 4.90 Å². The lowest BCUT2D eigenvalue weighted by Gasteiger charge is -2.22. The minimum atomic E-state index is 0.470. The third-order valence-electron chi connectivity index (χ3n) is 3.51. The van der Waals surface area contributed by atoms with Crippen LogP contribution in [0.25, 0.3) is 5.78 Å². The van der Waals surface area contributed by atoms with Gasteiger partial charge in [0, 0.05) is 19.2 Å². The molecule has 6 heteroatoms. The fourth-order valence-corrected chi connectivity index (χ4v) is 2.54. The van der Waals surface area contributed by atoms with Crippen LogP contribution in [0.5, 0.6) is 0 Å². The van der Waals surface area contributed by atoms with Crippen molar-refractivity contribution in [3.8, 4) is 0 Å². The Hall–Kier alpha value is -2.14. The molecule has 21 heavy (non-hydrogen) atoms. The molecule has 2 aromatic heterocycles. The molecule has 0 spiro atoms. The van der Waals surface area contributed by atoms with Gasteiger partial charge >= 0.3 is 0 Å². The van der Waals surface area contributed by atoms with Crippen LogP contribution in [-0.4, -0.2) is 33.2 Å². The largest absolute Gasteiger partial charge is 0.359 e. The molecular formula is C15H16ClN5. The maximum atomic E-state index is 6.19. The third kappa shape index (κ3) is 2.69. The van der Waals surface area contributed by atoms with Crippen molar-refractivity contribution in [2.75, 3.05) is 18.5 Å². The van der Waals surface area contributed by atoms with Gasteiger partial charge in [0.2, 0.25) is 0 Å². The monoisotopic (exact) mass is 301 g/mol. The van der Waals surface area contributed by atoms with Gasteiger partial charge in [0.25, 0.3) is 5.78 Å². The second-order valence-electron chi connectivity index (χ2n) is 4.98. The van der Waals surface area contributed by atoms with Gasteiger partial charge in [0.15, 0.2) is 0 Å². The molecule has 0 bridgehead atoms. The zero-order chi connectivity index (χ0) is 14.8. The van der Waals surface area contributed by atoms with E-state index in [-0.39, 0.29) is 0 Å². The van der Waals surface area contributed by atoms with Gasteiger partial charge in [-0.25, -0.2) is 0 Å². The van der Waals surface area contributed by atoms with Crippen molar-refractivity contribution in [1.82, 2.24) is 19.6 Å². The van der Waals surface area contributed by atoms with Crippen LogP contribution in [0.1, 0.15) is 11.1 Å². The molecular weight excluding hydrogens is 286 g/mol. The number of fused-ring (bicyclic) bond motifs is 1. The number of hydrogen-bond acceptors (Lipinski definition) is 4. The van der Waals surface area contributed by atoms with Crippen molar-refractivity contribution >= 4 is 23.2 Å². The van der Waals surface area contributed by atoms with Gasteiger partial charge in [-0.1, -0.05) is 41.9 Å². The van der Waals surface area contributed by atoms with Gasteiger partial charge in [-0.15, -0.1) is 0 Å². The van der Waals surface area contributed by atoms with Crippen molar-refractivity contribution in [3.05, 3.63) is 52.9 Å². The Morgan fingerprint density at radius 1 is 1.24 bits per heavy atom. The summed E-state index contributed by atoms with van der Waals surface area (Å²) in [5, 5.41) is 4.71. The summed E-state index contributed by atoms with van der Waals surface area (Å²) >= 11 is 6.19. The van der Waals surface area contributed by atoms with Crippen LogP contribution >= 0.6 is 11.6 Å². The van der Waals surface area contributed by atoms with Crippen molar-refractivity contribution in [1.29, 1.82) is 0 Å². The van der Waals surface area contributed by atoms with Crippen LogP contribution in [0, 0.1) is 6.92 Å². The Bertz CT molecular complexity index is 753. The number of likely N-dealkylation sites (N-methyl/N-ethyl adjacent to an activating group) is 1. The molecule has 2 heterocycles. The predicted molar refractivity (Wildman–Crippen MR) is 83.9 cm³/mol. The molecule has 0 aliphatic rings. The molecule has 0 aliphatic heterocycles. The normalized spacial score (nSPS) is 11.0. The molecule has 0 unspecified atom stereocenters. The molecule has 0 N–H and O–H groups in total. The number of halogens is 1. The third-order valence-corrected chi connectivity index (χ3v) is 3.88. The molecule has 3 aromatic rings. The minimum absolute atomic E-state index is 0.470. The molecule has 0 saturated carbocycles. The summed E-state index contributed by atoms with van der Waals surface area (Å²) < 4.78 is 1.73. The number of nitrogens with zero attached hydrogens (tertiary/aromatic N) is 5. The summed E-state index contributed by atoms with van der Waals surface area (Å²) in [5.41, 5.74) is 2.21. The number of rotatable bonds is 4. The van der Waals surface area contributed by atoms with Gasteiger partial charge in [0.1, 0.15) is 17.3 Å². The summed E-state index contributed by atoms with van der Waals surface area (Å²) in [6.07, 6.45) is 2.44. The van der Waals surface area contributed by atoms with Crippen molar-refractivity contribution < 1.29 is 0 Å². The highest BCUT2D eigenvalue weighted by Gasteiger charge is 2.15. The van der Waals surface area contributed by atoms with Crippen molar-refractivity contribution in [3.63, 3.8) is 0 Å². The molecule has 0 amide bonds. The first-order valence-electron chi connectivity index (χ1n) is 6.77. The highest BCUT2D eigenvalue weighted by Crippen LogP contribution is 2.24. The molecule has 108 valence electrons. The highest BCUT2D eigenvalue weighted by molar-refractivity contribution is 6.30. The van der Waals surface area contributed by atoms with Crippen LogP contribution in [-0.2, 0) is 6.42 Å². The van der Waals surface area contributed by atoms with Gasteiger partial charge in [-0.3, -0.25) is 0 Å². The quantitative estimate of drug-likeness (QED) is 0.695. The Labute approximate surface area is 128 Å². The lowest BCUT2D eigenvalue weighted by molar-refractivity contribution is 0.808. The molecule has 0 aliphatic carbocycles. The second kappa shape index (κ2) is 5.69. The summed E-state index contributed by atoms with van der Waals surface area (Å²) in [6.45, 7) is 2.81. The summed E-state index contributed by atoms with van der Waals surface area (Å²) in [4.78, 5) is 10.5.